The molecular weight excluding hydrogens is 265 g/mol. The minimum Gasteiger partial charge on any atom is -0.404 e. The van der Waals surface area contributed by atoms with Crippen molar-refractivity contribution < 1.29 is 27.4 Å². The molecule has 8 heteroatoms. The van der Waals surface area contributed by atoms with Crippen LogP contribution in [0.15, 0.2) is 24.3 Å². The van der Waals surface area contributed by atoms with Gasteiger partial charge in [0.2, 0.25) is 0 Å². The second-order valence-electron chi connectivity index (χ2n) is 4.14. The first kappa shape index (κ1) is 13.5. The standard InChI is InChI=1S/C11H11F3N2O3/c1-10(6-18-10)9(17)16-15-7-4-2-3-5-8(7)19-11(12,13)14/h2-5,15H,6H2,1H3,(H,16,17). The molecule has 5 nitrogen and oxygen atoms in total. The van der Waals surface area contributed by atoms with Gasteiger partial charge in [-0.05, 0) is 19.1 Å². The van der Waals surface area contributed by atoms with Crippen molar-refractivity contribution in [2.45, 2.75) is 18.9 Å². The normalized spacial score (nSPS) is 21.7. The van der Waals surface area contributed by atoms with Gasteiger partial charge in [-0.25, -0.2) is 0 Å². The molecule has 0 spiro atoms. The fourth-order valence-corrected chi connectivity index (χ4v) is 1.28. The molecule has 1 fully saturated rings. The summed E-state index contributed by atoms with van der Waals surface area (Å²) in [6, 6.07) is 5.38. The summed E-state index contributed by atoms with van der Waals surface area (Å²) in [6.07, 6.45) is -4.80. The van der Waals surface area contributed by atoms with E-state index in [0.717, 1.165) is 6.07 Å². The van der Waals surface area contributed by atoms with Crippen LogP contribution in [0, 0.1) is 0 Å². The highest BCUT2D eigenvalue weighted by molar-refractivity contribution is 5.88. The van der Waals surface area contributed by atoms with E-state index in [1.54, 1.807) is 6.92 Å². The van der Waals surface area contributed by atoms with Crippen molar-refractivity contribution in [1.29, 1.82) is 0 Å². The van der Waals surface area contributed by atoms with Gasteiger partial charge in [0.15, 0.2) is 11.4 Å². The van der Waals surface area contributed by atoms with E-state index in [4.69, 9.17) is 4.74 Å². The minimum absolute atomic E-state index is 0.00238. The highest BCUT2D eigenvalue weighted by atomic mass is 19.4. The van der Waals surface area contributed by atoms with Crippen molar-refractivity contribution in [2.75, 3.05) is 12.0 Å². The van der Waals surface area contributed by atoms with Gasteiger partial charge in [0.25, 0.3) is 5.91 Å². The summed E-state index contributed by atoms with van der Waals surface area (Å²) in [5.41, 5.74) is 3.73. The molecule has 0 aliphatic carbocycles. The number of halogens is 3. The number of carbonyl (C=O) groups excluding carboxylic acids is 1. The number of anilines is 1. The zero-order valence-electron chi connectivity index (χ0n) is 9.88. The highest BCUT2D eigenvalue weighted by Gasteiger charge is 2.47. The van der Waals surface area contributed by atoms with Gasteiger partial charge < -0.3 is 9.47 Å². The number of hydrogen-bond acceptors (Lipinski definition) is 4. The van der Waals surface area contributed by atoms with Gasteiger partial charge in [-0.2, -0.15) is 0 Å². The molecule has 0 bridgehead atoms. The Labute approximate surface area is 106 Å². The maximum atomic E-state index is 12.2. The average Bonchev–Trinajstić information content (AvgIpc) is 3.05. The lowest BCUT2D eigenvalue weighted by Gasteiger charge is -2.15. The Morgan fingerprint density at radius 1 is 1.42 bits per heavy atom. The van der Waals surface area contributed by atoms with E-state index in [-0.39, 0.29) is 12.3 Å². The summed E-state index contributed by atoms with van der Waals surface area (Å²) in [6.45, 7) is 1.85. The van der Waals surface area contributed by atoms with E-state index < -0.39 is 23.6 Å². The van der Waals surface area contributed by atoms with Crippen LogP contribution in [0.2, 0.25) is 0 Å². The van der Waals surface area contributed by atoms with Gasteiger partial charge in [0, 0.05) is 0 Å². The third-order valence-corrected chi connectivity index (χ3v) is 2.48. The molecule has 19 heavy (non-hydrogen) atoms. The number of para-hydroxylation sites is 2. The molecule has 1 amide bonds. The number of ether oxygens (including phenoxy) is 2. The van der Waals surface area contributed by atoms with Crippen molar-refractivity contribution >= 4 is 11.6 Å². The second-order valence-corrected chi connectivity index (χ2v) is 4.14. The first-order valence-corrected chi connectivity index (χ1v) is 5.35. The molecule has 1 atom stereocenters. The Morgan fingerprint density at radius 2 is 2.05 bits per heavy atom. The predicted octanol–water partition coefficient (Wildman–Crippen LogP) is 1.82. The number of benzene rings is 1. The van der Waals surface area contributed by atoms with Crippen LogP contribution < -0.4 is 15.6 Å². The van der Waals surface area contributed by atoms with Gasteiger partial charge in [0.05, 0.1) is 12.3 Å². The Kier molecular flexibility index (Phi) is 3.27. The molecule has 0 saturated carbocycles. The third-order valence-electron chi connectivity index (χ3n) is 2.48. The van der Waals surface area contributed by atoms with E-state index in [0.29, 0.717) is 0 Å². The smallest absolute Gasteiger partial charge is 0.404 e. The van der Waals surface area contributed by atoms with Crippen molar-refractivity contribution in [3.8, 4) is 5.75 Å². The number of nitrogens with one attached hydrogen (secondary N) is 2. The highest BCUT2D eigenvalue weighted by Crippen LogP contribution is 2.30. The van der Waals surface area contributed by atoms with Crippen LogP contribution in [0.1, 0.15) is 6.92 Å². The summed E-state index contributed by atoms with van der Waals surface area (Å²) in [4.78, 5) is 11.5. The molecule has 1 heterocycles. The van der Waals surface area contributed by atoms with Crippen molar-refractivity contribution in [3.63, 3.8) is 0 Å². The maximum Gasteiger partial charge on any atom is 0.573 e. The summed E-state index contributed by atoms with van der Waals surface area (Å²) in [7, 11) is 0. The van der Waals surface area contributed by atoms with Crippen molar-refractivity contribution in [1.82, 2.24) is 5.43 Å². The lowest BCUT2D eigenvalue weighted by Crippen LogP contribution is -2.39. The maximum absolute atomic E-state index is 12.2. The average molecular weight is 276 g/mol. The van der Waals surface area contributed by atoms with Gasteiger partial charge >= 0.3 is 6.36 Å². The fourth-order valence-electron chi connectivity index (χ4n) is 1.28. The number of hydrazine groups is 1. The second kappa shape index (κ2) is 4.61. The molecule has 1 saturated heterocycles. The number of epoxide rings is 1. The van der Waals surface area contributed by atoms with E-state index in [1.807, 2.05) is 0 Å². The molecule has 0 radical (unpaired) electrons. The largest absolute Gasteiger partial charge is 0.573 e. The van der Waals surface area contributed by atoms with Gasteiger partial charge in [0.1, 0.15) is 0 Å². The van der Waals surface area contributed by atoms with E-state index in [2.05, 4.69) is 15.6 Å². The van der Waals surface area contributed by atoms with Crippen LogP contribution in [-0.4, -0.2) is 24.5 Å². The first-order valence-electron chi connectivity index (χ1n) is 5.35. The third kappa shape index (κ3) is 3.50. The van der Waals surface area contributed by atoms with Crippen LogP contribution in [0.3, 0.4) is 0 Å². The fraction of sp³-hybridized carbons (Fsp3) is 0.364. The molecule has 1 unspecified atom stereocenters. The SMILES string of the molecule is CC1(C(=O)NNc2ccccc2OC(F)(F)F)CO1. The molecule has 1 aromatic carbocycles. The van der Waals surface area contributed by atoms with Crippen LogP contribution >= 0.6 is 0 Å². The molecule has 2 N–H and O–H groups in total. The van der Waals surface area contributed by atoms with Crippen LogP contribution in [0.25, 0.3) is 0 Å². The Bertz CT molecular complexity index is 486. The monoisotopic (exact) mass is 276 g/mol. The number of alkyl halides is 3. The van der Waals surface area contributed by atoms with Gasteiger partial charge in [-0.15, -0.1) is 13.2 Å². The number of carbonyl (C=O) groups is 1. The molecule has 1 aliphatic heterocycles. The molecule has 0 aromatic heterocycles. The van der Waals surface area contributed by atoms with Crippen molar-refractivity contribution in [3.05, 3.63) is 24.3 Å². The predicted molar refractivity (Wildman–Crippen MR) is 59.2 cm³/mol. The molecular formula is C11H11F3N2O3. The molecule has 2 rings (SSSR count). The lowest BCUT2D eigenvalue weighted by atomic mass is 10.2. The Morgan fingerprint density at radius 3 is 2.63 bits per heavy atom. The molecule has 104 valence electrons. The van der Waals surface area contributed by atoms with Crippen LogP contribution in [0.5, 0.6) is 5.75 Å². The zero-order chi connectivity index (χ0) is 14.1. The van der Waals surface area contributed by atoms with Gasteiger partial charge in [-0.3, -0.25) is 15.6 Å². The topological polar surface area (TPSA) is 62.9 Å². The number of hydrogen-bond donors (Lipinski definition) is 2. The quantitative estimate of drug-likeness (QED) is 0.650. The van der Waals surface area contributed by atoms with E-state index >= 15 is 0 Å². The Hall–Kier alpha value is -1.96. The van der Waals surface area contributed by atoms with E-state index in [9.17, 15) is 18.0 Å². The summed E-state index contributed by atoms with van der Waals surface area (Å²) in [5, 5.41) is 0. The lowest BCUT2D eigenvalue weighted by molar-refractivity contribution is -0.274. The first-order chi connectivity index (χ1) is 8.80. The molecule has 1 aliphatic rings. The number of rotatable bonds is 4. The summed E-state index contributed by atoms with van der Waals surface area (Å²) in [5.74, 6) is -0.897. The van der Waals surface area contributed by atoms with Gasteiger partial charge in [-0.1, -0.05) is 12.1 Å². The zero-order valence-corrected chi connectivity index (χ0v) is 9.88. The van der Waals surface area contributed by atoms with Crippen LogP contribution in [-0.2, 0) is 9.53 Å². The van der Waals surface area contributed by atoms with E-state index in [1.165, 1.54) is 18.2 Å². The number of amides is 1. The molecule has 1 aromatic rings. The van der Waals surface area contributed by atoms with Crippen molar-refractivity contribution in [2.24, 2.45) is 0 Å². The minimum atomic E-state index is -4.80. The van der Waals surface area contributed by atoms with Crippen LogP contribution in [0.4, 0.5) is 18.9 Å². The summed E-state index contributed by atoms with van der Waals surface area (Å²) >= 11 is 0. The summed E-state index contributed by atoms with van der Waals surface area (Å²) < 4.78 is 45.2. The Balaban J connectivity index is 2.01.